The van der Waals surface area contributed by atoms with Gasteiger partial charge in [-0.15, -0.1) is 5.10 Å². The van der Waals surface area contributed by atoms with Gasteiger partial charge in [-0.2, -0.15) is 4.39 Å². The van der Waals surface area contributed by atoms with Crippen LogP contribution in [0.4, 0.5) is 30.6 Å². The molecule has 32 heavy (non-hydrogen) atoms. The first kappa shape index (κ1) is 19.8. The highest BCUT2D eigenvalue weighted by molar-refractivity contribution is 6.08. The van der Waals surface area contributed by atoms with Crippen LogP contribution in [0.25, 0.3) is 33.1 Å². The Kier molecular flexibility index (Phi) is 4.66. The number of hydrogen-bond donors (Lipinski definition) is 2. The first-order valence-electron chi connectivity index (χ1n) is 9.83. The Balaban J connectivity index is 1.96. The van der Waals surface area contributed by atoms with Gasteiger partial charge in [0.1, 0.15) is 11.3 Å². The molecule has 2 N–H and O–H groups in total. The Morgan fingerprint density at radius 3 is 2.41 bits per heavy atom. The molecule has 9 heteroatoms. The van der Waals surface area contributed by atoms with E-state index in [0.29, 0.717) is 22.3 Å². The molecule has 0 amide bonds. The topological polar surface area (TPSA) is 67.7 Å². The largest absolute Gasteiger partial charge is 0.357 e. The van der Waals surface area contributed by atoms with Gasteiger partial charge >= 0.3 is 0 Å². The van der Waals surface area contributed by atoms with E-state index in [-0.39, 0.29) is 33.2 Å². The molecule has 0 atom stereocenters. The molecule has 2 aromatic heterocycles. The van der Waals surface area contributed by atoms with Crippen LogP contribution >= 0.6 is 0 Å². The van der Waals surface area contributed by atoms with Gasteiger partial charge in [-0.25, -0.2) is 14.4 Å². The zero-order valence-corrected chi connectivity index (χ0v) is 17.1. The van der Waals surface area contributed by atoms with Gasteiger partial charge in [-0.05, 0) is 25.1 Å². The quantitative estimate of drug-likeness (QED) is 0.377. The van der Waals surface area contributed by atoms with Crippen molar-refractivity contribution in [2.24, 2.45) is 0 Å². The maximum atomic E-state index is 15.2. The van der Waals surface area contributed by atoms with E-state index in [9.17, 15) is 8.87 Å². The van der Waals surface area contributed by atoms with E-state index in [2.05, 4.69) is 25.7 Å². The zero-order chi connectivity index (χ0) is 22.4. The average molecular weight is 434 g/mol. The predicted octanol–water partition coefficient (Wildman–Crippen LogP) is 5.75. The number of hydrogen-bond acceptors (Lipinski definition) is 5. The van der Waals surface area contributed by atoms with Crippen LogP contribution in [0, 0.1) is 18.7 Å². The van der Waals surface area contributed by atoms with Gasteiger partial charge in [0.05, 0.1) is 27.8 Å². The third-order valence-corrected chi connectivity index (χ3v) is 5.32. The second kappa shape index (κ2) is 7.52. The summed E-state index contributed by atoms with van der Waals surface area (Å²) in [5, 5.41) is 9.31. The van der Waals surface area contributed by atoms with E-state index in [1.165, 1.54) is 6.92 Å². The summed E-state index contributed by atoms with van der Waals surface area (Å²) in [6.45, 7) is 1.50. The molecule has 5 rings (SSSR count). The van der Waals surface area contributed by atoms with Gasteiger partial charge in [0, 0.05) is 23.7 Å². The molecular formula is C23H17F3N6. The second-order valence-electron chi connectivity index (χ2n) is 7.22. The molecule has 6 nitrogen and oxygen atoms in total. The molecule has 0 radical (unpaired) electrons. The lowest BCUT2D eigenvalue weighted by atomic mass is 9.97. The molecule has 0 aliphatic heterocycles. The number of nitrogens with zero attached hydrogens (tertiary/aromatic N) is 4. The minimum absolute atomic E-state index is 0.108. The van der Waals surface area contributed by atoms with Crippen molar-refractivity contribution in [3.63, 3.8) is 0 Å². The van der Waals surface area contributed by atoms with E-state index in [1.54, 1.807) is 37.4 Å². The standard InChI is InChI=1S/C23H17F3N6/c1-12-18(24)16-21(32(26)31-22(16)25)17(19(12)28-13-8-4-3-5-9-13)20-14-10-6-7-11-15(14)29-23(27-2)30-20/h3-11,28H,1-2H3,(H,27,29,30). The highest BCUT2D eigenvalue weighted by Crippen LogP contribution is 2.43. The molecule has 5 aromatic rings. The summed E-state index contributed by atoms with van der Waals surface area (Å²) < 4.78 is 44.6. The van der Waals surface area contributed by atoms with Crippen molar-refractivity contribution in [1.82, 2.24) is 20.0 Å². The van der Waals surface area contributed by atoms with Crippen molar-refractivity contribution >= 4 is 39.1 Å². The number of aromatic nitrogens is 4. The maximum absolute atomic E-state index is 15.2. The van der Waals surface area contributed by atoms with Gasteiger partial charge in [0.25, 0.3) is 0 Å². The number of rotatable bonds is 4. The number of halogens is 3. The molecule has 0 spiro atoms. The molecule has 3 aromatic carbocycles. The van der Waals surface area contributed by atoms with Gasteiger partial charge in [-0.3, -0.25) is 0 Å². The SMILES string of the molecule is CNc1nc(-c2c(Nc3ccccc3)c(C)c(F)c3c(F)nn(F)c23)c2ccccc2n1. The summed E-state index contributed by atoms with van der Waals surface area (Å²) in [5.41, 5.74) is 1.74. The van der Waals surface area contributed by atoms with E-state index in [4.69, 9.17) is 0 Å². The second-order valence-corrected chi connectivity index (χ2v) is 7.22. The molecule has 0 saturated heterocycles. The van der Waals surface area contributed by atoms with Crippen molar-refractivity contribution in [3.8, 4) is 11.3 Å². The van der Waals surface area contributed by atoms with Crippen LogP contribution in [0.2, 0.25) is 0 Å². The van der Waals surface area contributed by atoms with Gasteiger partial charge in [0.2, 0.25) is 11.9 Å². The lowest BCUT2D eigenvalue weighted by molar-refractivity contribution is 0.317. The summed E-state index contributed by atoms with van der Waals surface area (Å²) >= 11 is 0. The number of nitrogens with one attached hydrogen (secondary N) is 2. The zero-order valence-electron chi connectivity index (χ0n) is 17.1. The molecule has 0 aliphatic rings. The van der Waals surface area contributed by atoms with E-state index in [0.717, 1.165) is 0 Å². The molecule has 2 heterocycles. The number of anilines is 3. The normalized spacial score (nSPS) is 11.3. The Bertz CT molecular complexity index is 1480. The fourth-order valence-electron chi connectivity index (χ4n) is 3.81. The Morgan fingerprint density at radius 1 is 0.938 bits per heavy atom. The lowest BCUT2D eigenvalue weighted by Crippen LogP contribution is -2.05. The van der Waals surface area contributed by atoms with Crippen molar-refractivity contribution < 1.29 is 13.3 Å². The predicted molar refractivity (Wildman–Crippen MR) is 119 cm³/mol. The third-order valence-electron chi connectivity index (χ3n) is 5.32. The molecule has 0 aliphatic carbocycles. The number of benzene rings is 3. The van der Waals surface area contributed by atoms with Crippen LogP contribution in [-0.2, 0) is 0 Å². The first-order chi connectivity index (χ1) is 15.5. The molecule has 160 valence electrons. The minimum Gasteiger partial charge on any atom is -0.357 e. The Labute approximate surface area is 180 Å². The van der Waals surface area contributed by atoms with Gasteiger partial charge in [0.15, 0.2) is 0 Å². The first-order valence-corrected chi connectivity index (χ1v) is 9.83. The van der Waals surface area contributed by atoms with Crippen LogP contribution in [0.3, 0.4) is 0 Å². The molecule has 0 saturated carbocycles. The van der Waals surface area contributed by atoms with Crippen LogP contribution in [-0.4, -0.2) is 27.0 Å². The summed E-state index contributed by atoms with van der Waals surface area (Å²) in [4.78, 5) is 8.84. The monoisotopic (exact) mass is 434 g/mol. The fourth-order valence-corrected chi connectivity index (χ4v) is 3.81. The van der Waals surface area contributed by atoms with E-state index < -0.39 is 17.2 Å². The highest BCUT2D eigenvalue weighted by Gasteiger charge is 2.28. The van der Waals surface area contributed by atoms with E-state index >= 15 is 4.39 Å². The highest BCUT2D eigenvalue weighted by atomic mass is 19.2. The van der Waals surface area contributed by atoms with Gasteiger partial charge < -0.3 is 10.6 Å². The van der Waals surface area contributed by atoms with Gasteiger partial charge in [-0.1, -0.05) is 45.8 Å². The molecule has 0 fully saturated rings. The fraction of sp³-hybridized carbons (Fsp3) is 0.0870. The maximum Gasteiger partial charge on any atom is 0.246 e. The van der Waals surface area contributed by atoms with Crippen molar-refractivity contribution in [2.45, 2.75) is 6.92 Å². The summed E-state index contributed by atoms with van der Waals surface area (Å²) in [6, 6.07) is 16.2. The summed E-state index contributed by atoms with van der Waals surface area (Å²) in [5.74, 6) is -1.84. The van der Waals surface area contributed by atoms with Crippen molar-refractivity contribution in [1.29, 1.82) is 0 Å². The lowest BCUT2D eigenvalue weighted by Gasteiger charge is -2.18. The molecule has 0 unspecified atom stereocenters. The van der Waals surface area contributed by atoms with Crippen LogP contribution in [0.5, 0.6) is 0 Å². The molecular weight excluding hydrogens is 417 g/mol. The third kappa shape index (κ3) is 3.01. The average Bonchev–Trinajstić information content (AvgIpc) is 3.11. The van der Waals surface area contributed by atoms with Crippen molar-refractivity contribution in [2.75, 3.05) is 17.7 Å². The van der Waals surface area contributed by atoms with Crippen LogP contribution in [0.1, 0.15) is 5.56 Å². The Morgan fingerprint density at radius 2 is 1.66 bits per heavy atom. The van der Waals surface area contributed by atoms with Crippen LogP contribution < -0.4 is 10.6 Å². The van der Waals surface area contributed by atoms with Crippen molar-refractivity contribution in [3.05, 3.63) is 71.9 Å². The minimum atomic E-state index is -1.23. The van der Waals surface area contributed by atoms with Crippen LogP contribution in [0.15, 0.2) is 54.6 Å². The Hall–Kier alpha value is -4.14. The summed E-state index contributed by atoms with van der Waals surface area (Å²) in [6.07, 6.45) is 0. The smallest absolute Gasteiger partial charge is 0.246 e. The summed E-state index contributed by atoms with van der Waals surface area (Å²) in [7, 11) is 1.65. The van der Waals surface area contributed by atoms with E-state index in [1.807, 2.05) is 24.3 Å². The molecule has 0 bridgehead atoms. The number of para-hydroxylation sites is 2. The number of fused-ring (bicyclic) bond motifs is 2.